The smallest absolute Gasteiger partial charge is 0.243 e. The second-order valence-electron chi connectivity index (χ2n) is 4.84. The van der Waals surface area contributed by atoms with Crippen molar-refractivity contribution in [2.45, 2.75) is 31.0 Å². The van der Waals surface area contributed by atoms with Crippen molar-refractivity contribution in [2.75, 3.05) is 27.3 Å². The van der Waals surface area contributed by atoms with Crippen LogP contribution in [0, 0.1) is 13.8 Å². The van der Waals surface area contributed by atoms with Crippen molar-refractivity contribution in [3.05, 3.63) is 28.8 Å². The second-order valence-corrected chi connectivity index (χ2v) is 7.12. The van der Waals surface area contributed by atoms with Crippen molar-refractivity contribution in [3.63, 3.8) is 0 Å². The first kappa shape index (κ1) is 17.4. The predicted molar refractivity (Wildman–Crippen MR) is 81.8 cm³/mol. The Morgan fingerprint density at radius 3 is 2.50 bits per heavy atom. The van der Waals surface area contributed by atoms with Gasteiger partial charge >= 0.3 is 0 Å². The number of ether oxygens (including phenoxy) is 1. The summed E-state index contributed by atoms with van der Waals surface area (Å²) in [5.74, 6) is 0.303. The molecule has 0 spiro atoms. The number of methoxy groups -OCH3 is 1. The Hall–Kier alpha value is -0.620. The average Bonchev–Trinajstić information content (AvgIpc) is 2.41. The van der Waals surface area contributed by atoms with E-state index >= 15 is 0 Å². The van der Waals surface area contributed by atoms with E-state index in [2.05, 4.69) is 0 Å². The zero-order valence-corrected chi connectivity index (χ0v) is 14.0. The Balaban J connectivity index is 3.11. The molecule has 20 heavy (non-hydrogen) atoms. The molecule has 0 fully saturated rings. The lowest BCUT2D eigenvalue weighted by atomic mass is 10.1. The Bertz CT molecular complexity index is 558. The van der Waals surface area contributed by atoms with Gasteiger partial charge in [0, 0.05) is 33.2 Å². The number of rotatable bonds is 7. The molecule has 0 aliphatic rings. The number of hydrogen-bond donors (Lipinski definition) is 0. The number of alkyl halides is 1. The first-order chi connectivity index (χ1) is 9.34. The normalized spacial score (nSPS) is 12.1. The monoisotopic (exact) mass is 319 g/mol. The van der Waals surface area contributed by atoms with E-state index in [1.165, 1.54) is 4.31 Å². The largest absolute Gasteiger partial charge is 0.385 e. The maximum absolute atomic E-state index is 12.6. The lowest BCUT2D eigenvalue weighted by Gasteiger charge is -2.20. The minimum Gasteiger partial charge on any atom is -0.385 e. The van der Waals surface area contributed by atoms with Gasteiger partial charge < -0.3 is 4.74 Å². The number of benzene rings is 1. The van der Waals surface area contributed by atoms with Gasteiger partial charge in [0.1, 0.15) is 0 Å². The van der Waals surface area contributed by atoms with E-state index in [1.54, 1.807) is 20.2 Å². The minimum atomic E-state index is -3.49. The highest BCUT2D eigenvalue weighted by Crippen LogP contribution is 2.24. The van der Waals surface area contributed by atoms with Gasteiger partial charge in [0.15, 0.2) is 0 Å². The number of halogens is 1. The molecule has 4 nitrogen and oxygen atoms in total. The van der Waals surface area contributed by atoms with E-state index in [4.69, 9.17) is 16.3 Å². The molecule has 0 bridgehead atoms. The van der Waals surface area contributed by atoms with Crippen LogP contribution in [0.4, 0.5) is 0 Å². The summed E-state index contributed by atoms with van der Waals surface area (Å²) in [6.07, 6.45) is 0.666. The third-order valence-corrected chi connectivity index (χ3v) is 5.64. The molecule has 0 aromatic heterocycles. The standard InChI is InChI=1S/C14H22ClNO3S/c1-11-8-13(10-15)9-14(12(11)2)20(17,18)16(3)6-5-7-19-4/h8-9H,5-7,10H2,1-4H3. The van der Waals surface area contributed by atoms with Crippen LogP contribution in [-0.2, 0) is 20.6 Å². The molecule has 1 aromatic carbocycles. The molecule has 0 aliphatic carbocycles. The van der Waals surface area contributed by atoms with Crippen LogP contribution in [0.1, 0.15) is 23.1 Å². The van der Waals surface area contributed by atoms with E-state index in [0.717, 1.165) is 16.7 Å². The number of aryl methyl sites for hydroxylation is 1. The summed E-state index contributed by atoms with van der Waals surface area (Å²) in [4.78, 5) is 0.341. The SMILES string of the molecule is COCCCN(C)S(=O)(=O)c1cc(CCl)cc(C)c1C. The fourth-order valence-electron chi connectivity index (χ4n) is 1.96. The molecule has 0 N–H and O–H groups in total. The van der Waals surface area contributed by atoms with E-state index in [1.807, 2.05) is 19.9 Å². The van der Waals surface area contributed by atoms with E-state index in [0.29, 0.717) is 30.3 Å². The second kappa shape index (κ2) is 7.41. The van der Waals surface area contributed by atoms with Crippen LogP contribution in [0.2, 0.25) is 0 Å². The van der Waals surface area contributed by atoms with Crippen LogP contribution in [0.3, 0.4) is 0 Å². The lowest BCUT2D eigenvalue weighted by molar-refractivity contribution is 0.189. The molecule has 0 saturated carbocycles. The highest BCUT2D eigenvalue weighted by Gasteiger charge is 2.23. The number of nitrogens with zero attached hydrogens (tertiary/aromatic N) is 1. The van der Waals surface area contributed by atoms with Crippen LogP contribution in [0.15, 0.2) is 17.0 Å². The molecule has 0 amide bonds. The van der Waals surface area contributed by atoms with Gasteiger partial charge in [0.25, 0.3) is 0 Å². The highest BCUT2D eigenvalue weighted by molar-refractivity contribution is 7.89. The molecule has 0 aliphatic heterocycles. The van der Waals surface area contributed by atoms with Crippen molar-refractivity contribution in [2.24, 2.45) is 0 Å². The summed E-state index contributed by atoms with van der Waals surface area (Å²) in [7, 11) is -0.293. The molecular formula is C14H22ClNO3S. The zero-order chi connectivity index (χ0) is 15.3. The first-order valence-electron chi connectivity index (χ1n) is 6.46. The summed E-state index contributed by atoms with van der Waals surface area (Å²) in [6.45, 7) is 4.69. The predicted octanol–water partition coefficient (Wildman–Crippen LogP) is 2.70. The van der Waals surface area contributed by atoms with E-state index < -0.39 is 10.0 Å². The maximum atomic E-state index is 12.6. The van der Waals surface area contributed by atoms with Crippen molar-refractivity contribution in [3.8, 4) is 0 Å². The quantitative estimate of drug-likeness (QED) is 0.573. The molecule has 1 aromatic rings. The molecule has 0 heterocycles. The number of hydrogen-bond acceptors (Lipinski definition) is 3. The molecule has 0 radical (unpaired) electrons. The van der Waals surface area contributed by atoms with E-state index in [9.17, 15) is 8.42 Å². The molecule has 0 unspecified atom stereocenters. The first-order valence-corrected chi connectivity index (χ1v) is 8.43. The van der Waals surface area contributed by atoms with Crippen molar-refractivity contribution in [1.29, 1.82) is 0 Å². The molecule has 0 saturated heterocycles. The summed E-state index contributed by atoms with van der Waals surface area (Å²) >= 11 is 5.83. The van der Waals surface area contributed by atoms with Crippen LogP contribution in [0.5, 0.6) is 0 Å². The summed E-state index contributed by atoms with van der Waals surface area (Å²) in [6, 6.07) is 3.59. The van der Waals surface area contributed by atoms with Gasteiger partial charge in [-0.1, -0.05) is 6.07 Å². The van der Waals surface area contributed by atoms with Gasteiger partial charge in [-0.05, 0) is 43.0 Å². The van der Waals surface area contributed by atoms with Crippen LogP contribution >= 0.6 is 11.6 Å². The molecular weight excluding hydrogens is 298 g/mol. The molecule has 0 atom stereocenters. The number of sulfonamides is 1. The third-order valence-electron chi connectivity index (χ3n) is 3.34. The van der Waals surface area contributed by atoms with Crippen molar-refractivity contribution < 1.29 is 13.2 Å². The average molecular weight is 320 g/mol. The fraction of sp³-hybridized carbons (Fsp3) is 0.571. The topological polar surface area (TPSA) is 46.6 Å². The van der Waals surface area contributed by atoms with Gasteiger partial charge in [-0.2, -0.15) is 0 Å². The Kier molecular flexibility index (Phi) is 6.45. The van der Waals surface area contributed by atoms with E-state index in [-0.39, 0.29) is 0 Å². The van der Waals surface area contributed by atoms with Gasteiger partial charge in [-0.15, -0.1) is 11.6 Å². The third kappa shape index (κ3) is 3.95. The molecule has 6 heteroatoms. The van der Waals surface area contributed by atoms with Gasteiger partial charge in [0.2, 0.25) is 10.0 Å². The maximum Gasteiger partial charge on any atom is 0.243 e. The van der Waals surface area contributed by atoms with Crippen molar-refractivity contribution in [1.82, 2.24) is 4.31 Å². The summed E-state index contributed by atoms with van der Waals surface area (Å²) < 4.78 is 31.5. The van der Waals surface area contributed by atoms with Crippen LogP contribution in [-0.4, -0.2) is 40.0 Å². The lowest BCUT2D eigenvalue weighted by Crippen LogP contribution is -2.29. The molecule has 114 valence electrons. The summed E-state index contributed by atoms with van der Waals surface area (Å²) in [5.41, 5.74) is 2.53. The Morgan fingerprint density at radius 2 is 1.95 bits per heavy atom. The fourth-order valence-corrected chi connectivity index (χ4v) is 3.67. The van der Waals surface area contributed by atoms with Crippen LogP contribution in [0.25, 0.3) is 0 Å². The van der Waals surface area contributed by atoms with Gasteiger partial charge in [-0.25, -0.2) is 12.7 Å². The molecule has 1 rings (SSSR count). The summed E-state index contributed by atoms with van der Waals surface area (Å²) in [5, 5.41) is 0. The van der Waals surface area contributed by atoms with Gasteiger partial charge in [-0.3, -0.25) is 0 Å². The zero-order valence-electron chi connectivity index (χ0n) is 12.4. The van der Waals surface area contributed by atoms with Crippen molar-refractivity contribution >= 4 is 21.6 Å². The van der Waals surface area contributed by atoms with Crippen LogP contribution < -0.4 is 0 Å². The highest BCUT2D eigenvalue weighted by atomic mass is 35.5. The minimum absolute atomic E-state index is 0.303. The van der Waals surface area contributed by atoms with Gasteiger partial charge in [0.05, 0.1) is 4.90 Å². The Labute approximate surface area is 126 Å². The Morgan fingerprint density at radius 1 is 1.30 bits per heavy atom.